The van der Waals surface area contributed by atoms with Gasteiger partial charge < -0.3 is 5.32 Å². The second-order valence-corrected chi connectivity index (χ2v) is 6.23. The monoisotopic (exact) mass is 331 g/mol. The summed E-state index contributed by atoms with van der Waals surface area (Å²) in [7, 11) is 0. The summed E-state index contributed by atoms with van der Waals surface area (Å²) >= 11 is 3.12. The lowest BCUT2D eigenvalue weighted by Crippen LogP contribution is -2.24. The minimum Gasteiger partial charge on any atom is -0.310 e. The van der Waals surface area contributed by atoms with Gasteiger partial charge in [-0.1, -0.05) is 35.7 Å². The standard InChI is InChI=1S/C15H20BrF2N/c1-2-7-19-14(6-5-10-3-4-10)15-12(17)8-11(16)9-13(15)18/h8-10,14,19H,2-7H2,1H3. The average Bonchev–Trinajstić information content (AvgIpc) is 3.14. The Morgan fingerprint density at radius 2 is 1.95 bits per heavy atom. The van der Waals surface area contributed by atoms with Crippen LogP contribution in [-0.2, 0) is 0 Å². The van der Waals surface area contributed by atoms with Crippen LogP contribution in [0.15, 0.2) is 16.6 Å². The summed E-state index contributed by atoms with van der Waals surface area (Å²) in [6.45, 7) is 2.84. The van der Waals surface area contributed by atoms with Crippen LogP contribution in [0.4, 0.5) is 8.78 Å². The van der Waals surface area contributed by atoms with Gasteiger partial charge in [0.15, 0.2) is 0 Å². The molecule has 1 aliphatic carbocycles. The molecule has 0 amide bonds. The van der Waals surface area contributed by atoms with E-state index in [1.807, 2.05) is 0 Å². The van der Waals surface area contributed by atoms with Gasteiger partial charge in [-0.3, -0.25) is 0 Å². The largest absolute Gasteiger partial charge is 0.310 e. The second-order valence-electron chi connectivity index (χ2n) is 5.31. The number of benzene rings is 1. The van der Waals surface area contributed by atoms with Crippen molar-refractivity contribution in [1.29, 1.82) is 0 Å². The molecule has 1 aromatic rings. The lowest BCUT2D eigenvalue weighted by Gasteiger charge is -2.20. The predicted octanol–water partition coefficient (Wildman–Crippen LogP) is 4.96. The van der Waals surface area contributed by atoms with Crippen LogP contribution < -0.4 is 5.32 Å². The molecule has 0 bridgehead atoms. The van der Waals surface area contributed by atoms with Crippen LogP contribution in [0.2, 0.25) is 0 Å². The van der Waals surface area contributed by atoms with Crippen LogP contribution >= 0.6 is 15.9 Å². The molecule has 4 heteroatoms. The number of nitrogens with one attached hydrogen (secondary N) is 1. The van der Waals surface area contributed by atoms with Crippen molar-refractivity contribution in [3.05, 3.63) is 33.8 Å². The summed E-state index contributed by atoms with van der Waals surface area (Å²) in [4.78, 5) is 0. The van der Waals surface area contributed by atoms with Gasteiger partial charge in [-0.2, -0.15) is 0 Å². The van der Waals surface area contributed by atoms with Gasteiger partial charge >= 0.3 is 0 Å². The fourth-order valence-corrected chi connectivity index (χ4v) is 2.76. The van der Waals surface area contributed by atoms with Crippen molar-refractivity contribution in [2.75, 3.05) is 6.54 Å². The molecule has 106 valence electrons. The molecule has 0 aliphatic heterocycles. The Morgan fingerprint density at radius 1 is 1.32 bits per heavy atom. The van der Waals surface area contributed by atoms with E-state index in [0.717, 1.165) is 31.7 Å². The van der Waals surface area contributed by atoms with Gasteiger partial charge in [-0.25, -0.2) is 8.78 Å². The summed E-state index contributed by atoms with van der Waals surface area (Å²) in [5.74, 6) is -0.153. The number of hydrogen-bond donors (Lipinski definition) is 1. The zero-order valence-corrected chi connectivity index (χ0v) is 12.8. The van der Waals surface area contributed by atoms with Gasteiger partial charge in [0.2, 0.25) is 0 Å². The van der Waals surface area contributed by atoms with Gasteiger partial charge in [-0.05, 0) is 43.9 Å². The van der Waals surface area contributed by atoms with Crippen molar-refractivity contribution < 1.29 is 8.78 Å². The van der Waals surface area contributed by atoms with Crippen LogP contribution in [0, 0.1) is 17.6 Å². The van der Waals surface area contributed by atoms with Crippen LogP contribution in [-0.4, -0.2) is 6.54 Å². The number of halogens is 3. The van der Waals surface area contributed by atoms with Gasteiger partial charge in [0.25, 0.3) is 0 Å². The van der Waals surface area contributed by atoms with Gasteiger partial charge in [0.05, 0.1) is 0 Å². The molecule has 0 radical (unpaired) electrons. The van der Waals surface area contributed by atoms with Crippen LogP contribution in [0.25, 0.3) is 0 Å². The first-order valence-electron chi connectivity index (χ1n) is 6.99. The van der Waals surface area contributed by atoms with E-state index < -0.39 is 11.6 Å². The zero-order valence-electron chi connectivity index (χ0n) is 11.2. The normalized spacial score (nSPS) is 16.6. The lowest BCUT2D eigenvalue weighted by atomic mass is 9.99. The molecule has 1 aromatic carbocycles. The fraction of sp³-hybridized carbons (Fsp3) is 0.600. The van der Waals surface area contributed by atoms with E-state index in [0.29, 0.717) is 4.47 Å². The molecule has 0 spiro atoms. The smallest absolute Gasteiger partial charge is 0.132 e. The van der Waals surface area contributed by atoms with Crippen molar-refractivity contribution in [2.45, 2.75) is 45.1 Å². The van der Waals surface area contributed by atoms with Crippen molar-refractivity contribution in [2.24, 2.45) is 5.92 Å². The van der Waals surface area contributed by atoms with Gasteiger partial charge in [-0.15, -0.1) is 0 Å². The third-order valence-corrected chi connectivity index (χ3v) is 4.05. The Kier molecular flexibility index (Phi) is 5.34. The molecule has 1 atom stereocenters. The molecule has 1 N–H and O–H groups in total. The van der Waals surface area contributed by atoms with Gasteiger partial charge in [0, 0.05) is 16.1 Å². The first kappa shape index (κ1) is 14.9. The highest BCUT2D eigenvalue weighted by atomic mass is 79.9. The highest BCUT2D eigenvalue weighted by Gasteiger charge is 2.25. The van der Waals surface area contributed by atoms with Crippen LogP contribution in [0.3, 0.4) is 0 Å². The molecule has 19 heavy (non-hydrogen) atoms. The highest BCUT2D eigenvalue weighted by Crippen LogP contribution is 2.37. The van der Waals surface area contributed by atoms with Gasteiger partial charge in [0.1, 0.15) is 11.6 Å². The van der Waals surface area contributed by atoms with E-state index in [1.165, 1.54) is 25.0 Å². The van der Waals surface area contributed by atoms with E-state index in [4.69, 9.17) is 0 Å². The molecular formula is C15H20BrF2N. The highest BCUT2D eigenvalue weighted by molar-refractivity contribution is 9.10. The SMILES string of the molecule is CCCNC(CCC1CC1)c1c(F)cc(Br)cc1F. The summed E-state index contributed by atoms with van der Waals surface area (Å²) in [6, 6.07) is 2.47. The molecule has 1 unspecified atom stereocenters. The van der Waals surface area contributed by atoms with E-state index in [2.05, 4.69) is 28.2 Å². The van der Waals surface area contributed by atoms with Crippen molar-refractivity contribution in [3.63, 3.8) is 0 Å². The Bertz CT molecular complexity index is 409. The molecule has 1 aliphatic rings. The van der Waals surface area contributed by atoms with Crippen molar-refractivity contribution >= 4 is 15.9 Å². The maximum atomic E-state index is 14.0. The quantitative estimate of drug-likeness (QED) is 0.744. The topological polar surface area (TPSA) is 12.0 Å². The third kappa shape index (κ3) is 4.25. The molecule has 1 fully saturated rings. The maximum absolute atomic E-state index is 14.0. The van der Waals surface area contributed by atoms with Crippen LogP contribution in [0.1, 0.15) is 50.6 Å². The van der Waals surface area contributed by atoms with E-state index in [-0.39, 0.29) is 11.6 Å². The Morgan fingerprint density at radius 3 is 2.47 bits per heavy atom. The Balaban J connectivity index is 2.14. The zero-order chi connectivity index (χ0) is 13.8. The average molecular weight is 332 g/mol. The van der Waals surface area contributed by atoms with E-state index >= 15 is 0 Å². The first-order chi connectivity index (χ1) is 9.11. The van der Waals surface area contributed by atoms with E-state index in [1.54, 1.807) is 0 Å². The van der Waals surface area contributed by atoms with E-state index in [9.17, 15) is 8.78 Å². The predicted molar refractivity (Wildman–Crippen MR) is 77.1 cm³/mol. The maximum Gasteiger partial charge on any atom is 0.132 e. The molecule has 0 saturated heterocycles. The molecule has 1 saturated carbocycles. The lowest BCUT2D eigenvalue weighted by molar-refractivity contribution is 0.428. The summed E-state index contributed by atoms with van der Waals surface area (Å²) in [5, 5.41) is 3.27. The Hall–Kier alpha value is -0.480. The fourth-order valence-electron chi connectivity index (χ4n) is 2.36. The summed E-state index contributed by atoms with van der Waals surface area (Å²) in [5.41, 5.74) is 0.192. The molecule has 0 aromatic heterocycles. The van der Waals surface area contributed by atoms with Crippen molar-refractivity contribution in [1.82, 2.24) is 5.32 Å². The summed E-state index contributed by atoms with van der Waals surface area (Å²) in [6.07, 6.45) is 5.35. The Labute approximate surface area is 121 Å². The van der Waals surface area contributed by atoms with Crippen molar-refractivity contribution in [3.8, 4) is 0 Å². The first-order valence-corrected chi connectivity index (χ1v) is 7.79. The number of rotatable bonds is 7. The molecular weight excluding hydrogens is 312 g/mol. The van der Waals surface area contributed by atoms with Crippen LogP contribution in [0.5, 0.6) is 0 Å². The molecule has 0 heterocycles. The molecule has 2 rings (SSSR count). The second kappa shape index (κ2) is 6.80. The third-order valence-electron chi connectivity index (χ3n) is 3.59. The molecule has 1 nitrogen and oxygen atoms in total. The number of hydrogen-bond acceptors (Lipinski definition) is 1. The minimum atomic E-state index is -0.462. The summed E-state index contributed by atoms with van der Waals surface area (Å²) < 4.78 is 28.5. The minimum absolute atomic E-state index is 0.192.